The monoisotopic (exact) mass is 564 g/mol. The van der Waals surface area contributed by atoms with Crippen molar-refractivity contribution in [2.24, 2.45) is 0 Å². The number of nitriles is 2. The van der Waals surface area contributed by atoms with Crippen LogP contribution in [0.15, 0.2) is 121 Å². The first-order valence-corrected chi connectivity index (χ1v) is 14.4. The summed E-state index contributed by atoms with van der Waals surface area (Å²) in [5.74, 6) is 0.197. The average Bonchev–Trinajstić information content (AvgIpc) is 3.57. The summed E-state index contributed by atoms with van der Waals surface area (Å²) < 4.78 is 4.41. The zero-order chi connectivity index (χ0) is 29.9. The number of rotatable bonds is 3. The molecule has 0 radical (unpaired) electrons. The summed E-state index contributed by atoms with van der Waals surface area (Å²) in [4.78, 5) is 0. The number of aromatic nitrogens is 2. The van der Waals surface area contributed by atoms with Gasteiger partial charge in [0.15, 0.2) is 0 Å². The molecule has 0 saturated heterocycles. The maximum atomic E-state index is 11.2. The van der Waals surface area contributed by atoms with E-state index in [2.05, 4.69) is 70.7 Å². The summed E-state index contributed by atoms with van der Waals surface area (Å²) in [5, 5.41) is 34.5. The minimum atomic E-state index is 0.197. The van der Waals surface area contributed by atoms with Crippen LogP contribution in [0.25, 0.3) is 66.1 Å². The van der Waals surface area contributed by atoms with Crippen molar-refractivity contribution in [1.82, 2.24) is 9.13 Å². The van der Waals surface area contributed by atoms with E-state index >= 15 is 0 Å². The van der Waals surface area contributed by atoms with Crippen molar-refractivity contribution >= 4 is 43.6 Å². The van der Waals surface area contributed by atoms with E-state index in [4.69, 9.17) is 0 Å². The van der Waals surface area contributed by atoms with E-state index in [0.717, 1.165) is 71.7 Å². The van der Waals surface area contributed by atoms with Crippen LogP contribution in [0.2, 0.25) is 0 Å². The predicted octanol–water partition coefficient (Wildman–Crippen LogP) is 9.31. The number of phenols is 1. The SMILES string of the molecule is Cc1ccc(-n2c3ccccc3c3cc(C#N)ccc32)cc1-c1cc(-n2c3ccccc3c3cc(C#N)ccc32)ccc1O. The van der Waals surface area contributed by atoms with Crippen LogP contribution in [0.1, 0.15) is 16.7 Å². The predicted molar refractivity (Wildman–Crippen MR) is 176 cm³/mol. The van der Waals surface area contributed by atoms with E-state index in [-0.39, 0.29) is 5.75 Å². The molecule has 0 aliphatic rings. The van der Waals surface area contributed by atoms with E-state index in [9.17, 15) is 15.6 Å². The van der Waals surface area contributed by atoms with Crippen LogP contribution >= 0.6 is 0 Å². The number of hydrogen-bond acceptors (Lipinski definition) is 3. The third-order valence-corrected chi connectivity index (χ3v) is 8.61. The molecule has 1 N–H and O–H groups in total. The summed E-state index contributed by atoms with van der Waals surface area (Å²) >= 11 is 0. The van der Waals surface area contributed by atoms with Gasteiger partial charge in [-0.05, 0) is 96.9 Å². The number of aryl methyl sites for hydroxylation is 1. The number of nitrogens with zero attached hydrogens (tertiary/aromatic N) is 4. The Morgan fingerprint density at radius 1 is 0.500 bits per heavy atom. The quantitative estimate of drug-likeness (QED) is 0.232. The van der Waals surface area contributed by atoms with E-state index in [1.807, 2.05) is 72.8 Å². The van der Waals surface area contributed by atoms with E-state index < -0.39 is 0 Å². The van der Waals surface area contributed by atoms with Gasteiger partial charge in [0, 0.05) is 38.5 Å². The molecule has 5 heteroatoms. The molecule has 2 heterocycles. The topological polar surface area (TPSA) is 77.7 Å². The molecule has 206 valence electrons. The molecule has 44 heavy (non-hydrogen) atoms. The van der Waals surface area contributed by atoms with Crippen LogP contribution in [0, 0.1) is 29.6 Å². The minimum Gasteiger partial charge on any atom is -0.507 e. The van der Waals surface area contributed by atoms with Gasteiger partial charge >= 0.3 is 0 Å². The standard InChI is InChI=1S/C39H24N4O/c1-24-10-13-27(42-35-8-4-2-6-29(35)32-18-25(22-40)11-15-37(32)42)20-31(24)34-21-28(14-17-39(34)44)43-36-9-5-3-7-30(36)33-19-26(23-41)12-16-38(33)43/h2-21,44H,1H3. The van der Waals surface area contributed by atoms with Crippen LogP contribution in [-0.4, -0.2) is 14.2 Å². The van der Waals surface area contributed by atoms with Gasteiger partial charge in [0.25, 0.3) is 0 Å². The number of phenolic OH excluding ortho intramolecular Hbond substituents is 1. The van der Waals surface area contributed by atoms with Gasteiger partial charge in [0.1, 0.15) is 5.75 Å². The second-order valence-electron chi connectivity index (χ2n) is 11.1. The van der Waals surface area contributed by atoms with Gasteiger partial charge in [-0.2, -0.15) is 10.5 Å². The van der Waals surface area contributed by atoms with Crippen molar-refractivity contribution in [3.63, 3.8) is 0 Å². The Kier molecular flexibility index (Phi) is 5.56. The molecular formula is C39H24N4O. The van der Waals surface area contributed by atoms with Crippen molar-refractivity contribution in [3.05, 3.63) is 138 Å². The number of hydrogen-bond donors (Lipinski definition) is 1. The molecule has 0 bridgehead atoms. The summed E-state index contributed by atoms with van der Waals surface area (Å²) in [7, 11) is 0. The Morgan fingerprint density at radius 2 is 0.977 bits per heavy atom. The molecule has 0 spiro atoms. The van der Waals surface area contributed by atoms with Gasteiger partial charge in [-0.3, -0.25) is 0 Å². The van der Waals surface area contributed by atoms with Gasteiger partial charge in [-0.15, -0.1) is 0 Å². The second-order valence-corrected chi connectivity index (χ2v) is 11.1. The molecule has 0 unspecified atom stereocenters. The molecule has 0 atom stereocenters. The van der Waals surface area contributed by atoms with Crippen molar-refractivity contribution < 1.29 is 5.11 Å². The van der Waals surface area contributed by atoms with E-state index in [0.29, 0.717) is 11.1 Å². The van der Waals surface area contributed by atoms with Crippen LogP contribution in [-0.2, 0) is 0 Å². The van der Waals surface area contributed by atoms with Gasteiger partial charge in [-0.25, -0.2) is 0 Å². The normalized spacial score (nSPS) is 11.3. The summed E-state index contributed by atoms with van der Waals surface area (Å²) in [5.41, 5.74) is 9.90. The largest absolute Gasteiger partial charge is 0.507 e. The Labute approximate surface area is 253 Å². The van der Waals surface area contributed by atoms with Crippen LogP contribution in [0.3, 0.4) is 0 Å². The van der Waals surface area contributed by atoms with Gasteiger partial charge in [0.2, 0.25) is 0 Å². The van der Waals surface area contributed by atoms with Gasteiger partial charge in [-0.1, -0.05) is 42.5 Å². The molecular weight excluding hydrogens is 540 g/mol. The Balaban J connectivity index is 1.35. The smallest absolute Gasteiger partial charge is 0.123 e. The highest BCUT2D eigenvalue weighted by molar-refractivity contribution is 6.10. The highest BCUT2D eigenvalue weighted by atomic mass is 16.3. The highest BCUT2D eigenvalue weighted by Crippen LogP contribution is 2.39. The number of benzene rings is 6. The van der Waals surface area contributed by atoms with E-state index in [1.165, 1.54) is 0 Å². The molecule has 0 aliphatic heterocycles. The Hall–Kier alpha value is -6.30. The molecule has 2 aromatic heterocycles. The summed E-state index contributed by atoms with van der Waals surface area (Å²) in [6, 6.07) is 44.6. The molecule has 5 nitrogen and oxygen atoms in total. The molecule has 6 aromatic carbocycles. The van der Waals surface area contributed by atoms with E-state index in [1.54, 1.807) is 6.07 Å². The number of aromatic hydroxyl groups is 1. The summed E-state index contributed by atoms with van der Waals surface area (Å²) in [6.45, 7) is 2.06. The summed E-state index contributed by atoms with van der Waals surface area (Å²) in [6.07, 6.45) is 0. The number of para-hydroxylation sites is 2. The molecule has 0 aliphatic carbocycles. The lowest BCUT2D eigenvalue weighted by Crippen LogP contribution is -1.97. The third-order valence-electron chi connectivity index (χ3n) is 8.61. The Bertz CT molecular complexity index is 2370. The highest BCUT2D eigenvalue weighted by Gasteiger charge is 2.18. The number of fused-ring (bicyclic) bond motifs is 6. The lowest BCUT2D eigenvalue weighted by Gasteiger charge is -2.16. The molecule has 8 rings (SSSR count). The van der Waals surface area contributed by atoms with Crippen molar-refractivity contribution in [2.45, 2.75) is 6.92 Å². The minimum absolute atomic E-state index is 0.197. The fourth-order valence-corrected chi connectivity index (χ4v) is 6.56. The van der Waals surface area contributed by atoms with Crippen LogP contribution < -0.4 is 0 Å². The zero-order valence-electron chi connectivity index (χ0n) is 23.8. The first-order chi connectivity index (χ1) is 21.6. The average molecular weight is 565 g/mol. The molecule has 8 aromatic rings. The first kappa shape index (κ1) is 25.4. The fourth-order valence-electron chi connectivity index (χ4n) is 6.56. The second kappa shape index (κ2) is 9.63. The lowest BCUT2D eigenvalue weighted by molar-refractivity contribution is 0.477. The van der Waals surface area contributed by atoms with Crippen molar-refractivity contribution in [3.8, 4) is 40.4 Å². The lowest BCUT2D eigenvalue weighted by atomic mass is 9.98. The van der Waals surface area contributed by atoms with Crippen LogP contribution in [0.5, 0.6) is 5.75 Å². The van der Waals surface area contributed by atoms with Crippen LogP contribution in [0.4, 0.5) is 0 Å². The molecule has 0 fully saturated rings. The third kappa shape index (κ3) is 3.71. The van der Waals surface area contributed by atoms with Crippen molar-refractivity contribution in [1.29, 1.82) is 10.5 Å². The maximum Gasteiger partial charge on any atom is 0.123 e. The zero-order valence-corrected chi connectivity index (χ0v) is 23.8. The molecule has 0 amide bonds. The fraction of sp³-hybridized carbons (Fsp3) is 0.0256. The van der Waals surface area contributed by atoms with Crippen molar-refractivity contribution in [2.75, 3.05) is 0 Å². The molecule has 0 saturated carbocycles. The van der Waals surface area contributed by atoms with Gasteiger partial charge in [0.05, 0.1) is 45.3 Å². The first-order valence-electron chi connectivity index (χ1n) is 14.4. The maximum absolute atomic E-state index is 11.2. The van der Waals surface area contributed by atoms with Gasteiger partial charge < -0.3 is 14.2 Å². The Morgan fingerprint density at radius 3 is 1.52 bits per heavy atom.